The minimum absolute atomic E-state index is 0.836. The molecule has 0 saturated carbocycles. The van der Waals surface area contributed by atoms with E-state index in [-0.39, 0.29) is 0 Å². The van der Waals surface area contributed by atoms with Crippen LogP contribution in [0, 0.1) is 6.92 Å². The first-order valence-corrected chi connectivity index (χ1v) is 5.11. The largest absolute Gasteiger partial charge is 0.495 e. The second-order valence-electron chi connectivity index (χ2n) is 3.56. The van der Waals surface area contributed by atoms with Gasteiger partial charge in [0, 0.05) is 18.1 Å². The van der Waals surface area contributed by atoms with E-state index in [0.717, 1.165) is 17.1 Å². The van der Waals surface area contributed by atoms with E-state index < -0.39 is 0 Å². The topological polar surface area (TPSA) is 34.1 Å². The van der Waals surface area contributed by atoms with E-state index in [0.29, 0.717) is 0 Å². The Labute approximate surface area is 95.1 Å². The summed E-state index contributed by atoms with van der Waals surface area (Å²) in [7, 11) is 1.67. The van der Waals surface area contributed by atoms with Crippen LogP contribution in [0.2, 0.25) is 0 Å². The Morgan fingerprint density at radius 3 is 2.56 bits per heavy atom. The van der Waals surface area contributed by atoms with Crippen molar-refractivity contribution in [1.29, 1.82) is 0 Å². The summed E-state index contributed by atoms with van der Waals surface area (Å²) in [6.45, 7) is 2.05. The highest BCUT2D eigenvalue weighted by atomic mass is 16.5. The lowest BCUT2D eigenvalue weighted by Gasteiger charge is -2.11. The zero-order chi connectivity index (χ0) is 11.4. The number of anilines is 2. The monoisotopic (exact) mass is 214 g/mol. The van der Waals surface area contributed by atoms with Gasteiger partial charge in [-0.15, -0.1) is 0 Å². The fraction of sp³-hybridized carbons (Fsp3) is 0.154. The molecule has 0 saturated heterocycles. The number of hydrogen-bond donors (Lipinski definition) is 1. The molecule has 0 bridgehead atoms. The summed E-state index contributed by atoms with van der Waals surface area (Å²) in [6.07, 6.45) is 3.51. The van der Waals surface area contributed by atoms with Crippen LogP contribution in [0.3, 0.4) is 0 Å². The lowest BCUT2D eigenvalue weighted by Crippen LogP contribution is -1.95. The van der Waals surface area contributed by atoms with Crippen molar-refractivity contribution >= 4 is 11.4 Å². The maximum absolute atomic E-state index is 5.29. The van der Waals surface area contributed by atoms with E-state index in [1.807, 2.05) is 24.3 Å². The van der Waals surface area contributed by atoms with Gasteiger partial charge in [0.1, 0.15) is 5.75 Å². The molecule has 16 heavy (non-hydrogen) atoms. The molecule has 0 atom stereocenters. The molecule has 1 heterocycles. The van der Waals surface area contributed by atoms with Gasteiger partial charge in [0.25, 0.3) is 0 Å². The number of nitrogens with zero attached hydrogens (tertiary/aromatic N) is 1. The van der Waals surface area contributed by atoms with Gasteiger partial charge in [-0.3, -0.25) is 4.98 Å². The van der Waals surface area contributed by atoms with Gasteiger partial charge < -0.3 is 10.1 Å². The molecule has 0 spiro atoms. The van der Waals surface area contributed by atoms with Crippen molar-refractivity contribution in [3.8, 4) is 5.75 Å². The molecule has 1 aromatic carbocycles. The molecule has 2 rings (SSSR count). The Bertz CT molecular complexity index is 469. The minimum Gasteiger partial charge on any atom is -0.495 e. The standard InChI is InChI=1S/C13H14N2O/c1-10-3-4-13(16-2)12(9-10)15-11-5-7-14-8-6-11/h3-9H,1-2H3,(H,14,15). The molecule has 1 N–H and O–H groups in total. The van der Waals surface area contributed by atoms with Gasteiger partial charge in [-0.25, -0.2) is 0 Å². The zero-order valence-corrected chi connectivity index (χ0v) is 9.40. The van der Waals surface area contributed by atoms with E-state index in [9.17, 15) is 0 Å². The Morgan fingerprint density at radius 2 is 1.88 bits per heavy atom. The Balaban J connectivity index is 2.30. The second kappa shape index (κ2) is 4.66. The Morgan fingerprint density at radius 1 is 1.12 bits per heavy atom. The Kier molecular flexibility index (Phi) is 3.05. The molecule has 82 valence electrons. The number of pyridine rings is 1. The molecule has 0 aliphatic heterocycles. The van der Waals surface area contributed by atoms with Gasteiger partial charge in [0.15, 0.2) is 0 Å². The van der Waals surface area contributed by atoms with Gasteiger partial charge in [-0.05, 0) is 36.8 Å². The highest BCUT2D eigenvalue weighted by Gasteiger charge is 2.02. The van der Waals surface area contributed by atoms with Crippen LogP contribution in [0.15, 0.2) is 42.7 Å². The number of ether oxygens (including phenoxy) is 1. The smallest absolute Gasteiger partial charge is 0.142 e. The second-order valence-corrected chi connectivity index (χ2v) is 3.56. The van der Waals surface area contributed by atoms with Gasteiger partial charge >= 0.3 is 0 Å². The van der Waals surface area contributed by atoms with Crippen LogP contribution in [-0.2, 0) is 0 Å². The number of rotatable bonds is 3. The van der Waals surface area contributed by atoms with Gasteiger partial charge in [-0.1, -0.05) is 6.07 Å². The average Bonchev–Trinajstić information content (AvgIpc) is 2.31. The van der Waals surface area contributed by atoms with E-state index in [2.05, 4.69) is 23.3 Å². The van der Waals surface area contributed by atoms with Crippen molar-refractivity contribution in [2.24, 2.45) is 0 Å². The number of methoxy groups -OCH3 is 1. The predicted molar refractivity (Wildman–Crippen MR) is 65.3 cm³/mol. The SMILES string of the molecule is COc1ccc(C)cc1Nc1ccncc1. The molecule has 2 aromatic rings. The molecule has 0 aliphatic rings. The molecule has 3 nitrogen and oxygen atoms in total. The fourth-order valence-electron chi connectivity index (χ4n) is 1.51. The summed E-state index contributed by atoms with van der Waals surface area (Å²) in [5.74, 6) is 0.836. The average molecular weight is 214 g/mol. The maximum atomic E-state index is 5.29. The van der Waals surface area contributed by atoms with Crippen molar-refractivity contribution in [3.63, 3.8) is 0 Å². The number of aromatic nitrogens is 1. The number of nitrogens with one attached hydrogen (secondary N) is 1. The number of aryl methyl sites for hydroxylation is 1. The van der Waals surface area contributed by atoms with Crippen LogP contribution >= 0.6 is 0 Å². The lowest BCUT2D eigenvalue weighted by atomic mass is 10.2. The maximum Gasteiger partial charge on any atom is 0.142 e. The molecule has 0 amide bonds. The summed E-state index contributed by atoms with van der Waals surface area (Å²) in [5.41, 5.74) is 3.16. The van der Waals surface area contributed by atoms with Crippen LogP contribution < -0.4 is 10.1 Å². The third kappa shape index (κ3) is 2.31. The van der Waals surface area contributed by atoms with Crippen molar-refractivity contribution in [2.75, 3.05) is 12.4 Å². The van der Waals surface area contributed by atoms with Crippen molar-refractivity contribution < 1.29 is 4.74 Å². The minimum atomic E-state index is 0.836. The predicted octanol–water partition coefficient (Wildman–Crippen LogP) is 3.14. The van der Waals surface area contributed by atoms with Crippen molar-refractivity contribution in [1.82, 2.24) is 4.98 Å². The summed E-state index contributed by atoms with van der Waals surface area (Å²) in [4.78, 5) is 3.98. The van der Waals surface area contributed by atoms with Crippen LogP contribution in [0.5, 0.6) is 5.75 Å². The van der Waals surface area contributed by atoms with E-state index in [4.69, 9.17) is 4.74 Å². The highest BCUT2D eigenvalue weighted by Crippen LogP contribution is 2.28. The van der Waals surface area contributed by atoms with E-state index in [1.54, 1.807) is 19.5 Å². The van der Waals surface area contributed by atoms with Crippen LogP contribution in [0.1, 0.15) is 5.56 Å². The molecule has 0 unspecified atom stereocenters. The summed E-state index contributed by atoms with van der Waals surface area (Å²) >= 11 is 0. The number of hydrogen-bond acceptors (Lipinski definition) is 3. The van der Waals surface area contributed by atoms with E-state index >= 15 is 0 Å². The summed E-state index contributed by atoms with van der Waals surface area (Å²) in [6, 6.07) is 9.87. The van der Waals surface area contributed by atoms with Gasteiger partial charge in [-0.2, -0.15) is 0 Å². The molecular formula is C13H14N2O. The lowest BCUT2D eigenvalue weighted by molar-refractivity contribution is 0.416. The van der Waals surface area contributed by atoms with Gasteiger partial charge in [0.05, 0.1) is 12.8 Å². The summed E-state index contributed by atoms with van der Waals surface area (Å²) < 4.78 is 5.29. The van der Waals surface area contributed by atoms with Crippen LogP contribution in [0.25, 0.3) is 0 Å². The fourth-order valence-corrected chi connectivity index (χ4v) is 1.51. The third-order valence-corrected chi connectivity index (χ3v) is 2.31. The highest BCUT2D eigenvalue weighted by molar-refractivity contribution is 5.66. The van der Waals surface area contributed by atoms with Crippen molar-refractivity contribution in [3.05, 3.63) is 48.3 Å². The molecule has 3 heteroatoms. The van der Waals surface area contributed by atoms with Gasteiger partial charge in [0.2, 0.25) is 0 Å². The van der Waals surface area contributed by atoms with Crippen LogP contribution in [-0.4, -0.2) is 12.1 Å². The van der Waals surface area contributed by atoms with E-state index in [1.165, 1.54) is 5.56 Å². The summed E-state index contributed by atoms with van der Waals surface area (Å²) in [5, 5.41) is 3.30. The molecular weight excluding hydrogens is 200 g/mol. The normalized spacial score (nSPS) is 9.88. The number of benzene rings is 1. The van der Waals surface area contributed by atoms with Crippen LogP contribution in [0.4, 0.5) is 11.4 Å². The first-order chi connectivity index (χ1) is 7.79. The Hall–Kier alpha value is -2.03. The molecule has 0 fully saturated rings. The molecule has 0 aliphatic carbocycles. The molecule has 0 radical (unpaired) electrons. The zero-order valence-electron chi connectivity index (χ0n) is 9.40. The molecule has 1 aromatic heterocycles. The third-order valence-electron chi connectivity index (χ3n) is 2.31. The van der Waals surface area contributed by atoms with Crippen molar-refractivity contribution in [2.45, 2.75) is 6.92 Å². The first-order valence-electron chi connectivity index (χ1n) is 5.11. The first kappa shape index (κ1) is 10.5. The quantitative estimate of drug-likeness (QED) is 0.852.